The molecule has 482 valence electrons. The molecular formula is C61H106O22. The van der Waals surface area contributed by atoms with Crippen molar-refractivity contribution in [3.05, 3.63) is 24.3 Å². The van der Waals surface area contributed by atoms with E-state index in [1.165, 1.54) is 14.2 Å². The highest BCUT2D eigenvalue weighted by Crippen LogP contribution is 2.40. The molecule has 6 rings (SSSR count). The maximum absolute atomic E-state index is 13.6. The number of methoxy groups -OCH3 is 2. The molecule has 0 spiro atoms. The van der Waals surface area contributed by atoms with Gasteiger partial charge in [-0.05, 0) is 59.3 Å². The summed E-state index contributed by atoms with van der Waals surface area (Å²) in [6.07, 6.45) is -8.21. The molecule has 0 aromatic heterocycles. The lowest BCUT2D eigenvalue weighted by Gasteiger charge is -2.46. The predicted molar refractivity (Wildman–Crippen MR) is 301 cm³/mol. The van der Waals surface area contributed by atoms with Gasteiger partial charge in [0, 0.05) is 102 Å². The lowest BCUT2D eigenvalue weighted by atomic mass is 9.81. The van der Waals surface area contributed by atoms with Crippen molar-refractivity contribution in [2.24, 2.45) is 29.6 Å². The molecule has 22 heteroatoms. The van der Waals surface area contributed by atoms with Gasteiger partial charge >= 0.3 is 5.97 Å². The fourth-order valence-electron chi connectivity index (χ4n) is 12.8. The third-order valence-electron chi connectivity index (χ3n) is 18.2. The first kappa shape index (κ1) is 70.2. The largest absolute Gasteiger partial charge is 0.462 e. The van der Waals surface area contributed by atoms with Crippen LogP contribution in [0.1, 0.15) is 159 Å². The Bertz CT molecular complexity index is 1940. The van der Waals surface area contributed by atoms with E-state index in [4.69, 9.17) is 56.8 Å². The smallest absolute Gasteiger partial charge is 0.306 e. The quantitative estimate of drug-likeness (QED) is 0.0868. The van der Waals surface area contributed by atoms with Crippen molar-refractivity contribution in [1.29, 1.82) is 0 Å². The Morgan fingerprint density at radius 3 is 1.92 bits per heavy atom. The van der Waals surface area contributed by atoms with E-state index in [-0.39, 0.29) is 82.7 Å². The molecule has 9 N–H and O–H groups in total. The van der Waals surface area contributed by atoms with Crippen LogP contribution in [0, 0.1) is 29.6 Å². The number of rotatable bonds is 18. The number of esters is 1. The molecule has 0 saturated carbocycles. The van der Waals surface area contributed by atoms with Gasteiger partial charge in [-0.1, -0.05) is 65.8 Å². The second-order valence-corrected chi connectivity index (χ2v) is 25.4. The Morgan fingerprint density at radius 2 is 1.28 bits per heavy atom. The van der Waals surface area contributed by atoms with E-state index in [1.807, 2.05) is 26.8 Å². The maximum Gasteiger partial charge on any atom is 0.306 e. The zero-order valence-electron chi connectivity index (χ0n) is 51.3. The van der Waals surface area contributed by atoms with Gasteiger partial charge in [0.2, 0.25) is 0 Å². The van der Waals surface area contributed by atoms with Gasteiger partial charge in [-0.25, -0.2) is 0 Å². The first-order chi connectivity index (χ1) is 39.2. The summed E-state index contributed by atoms with van der Waals surface area (Å²) in [6.45, 7) is 18.5. The van der Waals surface area contributed by atoms with Crippen molar-refractivity contribution in [2.75, 3.05) is 14.2 Å². The highest BCUT2D eigenvalue weighted by Gasteiger charge is 2.49. The molecule has 2 bridgehead atoms. The molecule has 6 aliphatic rings. The van der Waals surface area contributed by atoms with E-state index in [2.05, 4.69) is 13.8 Å². The Hall–Kier alpha value is -1.85. The number of carbonyl (C=O) groups is 1. The number of carbonyl (C=O) groups excluding carboxylic acids is 1. The topological polar surface area (TPSA) is 310 Å². The molecule has 0 unspecified atom stereocenters. The molecule has 0 amide bonds. The van der Waals surface area contributed by atoms with Crippen LogP contribution < -0.4 is 0 Å². The maximum atomic E-state index is 13.6. The van der Waals surface area contributed by atoms with Crippen LogP contribution in [0.15, 0.2) is 24.3 Å². The van der Waals surface area contributed by atoms with Gasteiger partial charge in [0.1, 0.15) is 24.4 Å². The van der Waals surface area contributed by atoms with Crippen molar-refractivity contribution >= 4 is 5.97 Å². The number of allylic oxidation sites excluding steroid dienone is 2. The Morgan fingerprint density at radius 1 is 0.651 bits per heavy atom. The SMILES string of the molecule is CO[C@H]1[C@H](O)C[C@H](O[C@H]2[C@H](O)C[C@H](O[C@H]3CC[C@H](O[C@@H](CC(C)C)[C@H](C)[C@H](O)[C@@H](C)[C@H](O)C[C@H]4OC(=O)CCC[C@H](O)C[C@]5(O)O[C@H](C[C@H](O[C@H]6C[C@@H](OC)[C@H](O)[C@@H](C)O6)C[C@H](O)/C=C/C=C/[C@@H]4C)C[C@H](O)[C@H]5C)O[C@@H]3C)O[C@@H]2C)O[C@@H]1C. The number of hydrogen-bond acceptors (Lipinski definition) is 22. The van der Waals surface area contributed by atoms with E-state index in [0.717, 1.165) is 0 Å². The summed E-state index contributed by atoms with van der Waals surface area (Å²) in [5, 5.41) is 102. The van der Waals surface area contributed by atoms with Crippen molar-refractivity contribution in [2.45, 2.75) is 312 Å². The fraction of sp³-hybridized carbons (Fsp3) is 0.918. The van der Waals surface area contributed by atoms with Gasteiger partial charge in [0.25, 0.3) is 0 Å². The summed E-state index contributed by atoms with van der Waals surface area (Å²) in [7, 11) is 3.02. The van der Waals surface area contributed by atoms with Gasteiger partial charge in [-0.15, -0.1) is 0 Å². The normalized spacial score (nSPS) is 44.8. The Labute approximate surface area is 492 Å². The van der Waals surface area contributed by atoms with Crippen molar-refractivity contribution in [3.8, 4) is 0 Å². The van der Waals surface area contributed by atoms with Gasteiger partial charge in [-0.2, -0.15) is 0 Å². The van der Waals surface area contributed by atoms with Crippen LogP contribution in [-0.4, -0.2) is 219 Å². The standard InChI is InChI=1S/C61H106O22/c1-31(2)22-50(81-53-21-20-48(36(7)74-53)80-54-28-47(67)60(39(10)77-54)82-55-27-46(66)59(73-12)38(9)76-55)34(5)57(69)33(4)44(64)26-49-32(3)16-13-14-17-40(62)23-42(78-56-29-51(72-11)58(70)37(8)75-56)24-43-25-45(65)35(6)61(71,83-43)30-41(63)18-15-19-52(68)79-49/h13-14,16-17,31-51,53-60,62-67,69-71H,15,18-30H2,1-12H3/b16-13+,17-14+/t32-,33-,34-,35+,36+,37+,38+,39+,40+,41-,42+,43+,44+,45-,46+,47+,48-,49+,50-,51+,53-,54-,55-,56-,57+,58+,59+,60+,61-/m0/s1. The minimum absolute atomic E-state index is 0.0209. The van der Waals surface area contributed by atoms with E-state index in [0.29, 0.717) is 19.3 Å². The van der Waals surface area contributed by atoms with Crippen LogP contribution in [0.3, 0.4) is 0 Å². The fourth-order valence-corrected chi connectivity index (χ4v) is 12.8. The number of fused-ring (bicyclic) bond motifs is 2. The van der Waals surface area contributed by atoms with Gasteiger partial charge < -0.3 is 103 Å². The van der Waals surface area contributed by atoms with Crippen LogP contribution in [0.2, 0.25) is 0 Å². The predicted octanol–water partition coefficient (Wildman–Crippen LogP) is 4.21. The number of cyclic esters (lactones) is 1. The molecule has 0 aliphatic carbocycles. The number of ether oxygens (including phenoxy) is 12. The molecule has 22 nitrogen and oxygen atoms in total. The molecule has 5 fully saturated rings. The molecule has 5 saturated heterocycles. The minimum atomic E-state index is -1.93. The lowest BCUT2D eigenvalue weighted by Crippen LogP contribution is -2.55. The van der Waals surface area contributed by atoms with Crippen LogP contribution in [-0.2, 0) is 61.6 Å². The zero-order valence-corrected chi connectivity index (χ0v) is 51.3. The average molecular weight is 1190 g/mol. The van der Waals surface area contributed by atoms with Gasteiger partial charge in [0.05, 0.1) is 97.7 Å². The average Bonchev–Trinajstić information content (AvgIpc) is 3.59. The van der Waals surface area contributed by atoms with E-state index in [1.54, 1.807) is 52.8 Å². The number of aliphatic hydroxyl groups is 9. The molecule has 6 heterocycles. The van der Waals surface area contributed by atoms with E-state index < -0.39 is 177 Å². The second kappa shape index (κ2) is 32.6. The van der Waals surface area contributed by atoms with Crippen molar-refractivity contribution < 1.29 is 108 Å². The monoisotopic (exact) mass is 1190 g/mol. The lowest BCUT2D eigenvalue weighted by molar-refractivity contribution is -0.328. The van der Waals surface area contributed by atoms with Crippen molar-refractivity contribution in [3.63, 3.8) is 0 Å². The van der Waals surface area contributed by atoms with E-state index >= 15 is 0 Å². The molecule has 0 radical (unpaired) electrons. The molecule has 0 aromatic carbocycles. The Balaban J connectivity index is 1.06. The molecule has 29 atom stereocenters. The zero-order chi connectivity index (χ0) is 61.0. The van der Waals surface area contributed by atoms with Gasteiger partial charge in [-0.3, -0.25) is 4.79 Å². The highest BCUT2D eigenvalue weighted by atomic mass is 16.7. The highest BCUT2D eigenvalue weighted by molar-refractivity contribution is 5.69. The summed E-state index contributed by atoms with van der Waals surface area (Å²) < 4.78 is 73.4. The first-order valence-corrected chi connectivity index (χ1v) is 30.9. The van der Waals surface area contributed by atoms with Crippen molar-refractivity contribution in [1.82, 2.24) is 0 Å². The molecular weight excluding hydrogens is 1080 g/mol. The first-order valence-electron chi connectivity index (χ1n) is 30.9. The summed E-state index contributed by atoms with van der Waals surface area (Å²) in [6, 6.07) is 0. The summed E-state index contributed by atoms with van der Waals surface area (Å²) >= 11 is 0. The number of hydrogen-bond donors (Lipinski definition) is 9. The number of aliphatic hydroxyl groups excluding tert-OH is 8. The summed E-state index contributed by atoms with van der Waals surface area (Å²) in [5.41, 5.74) is 0. The minimum Gasteiger partial charge on any atom is -0.462 e. The summed E-state index contributed by atoms with van der Waals surface area (Å²) in [5.74, 6) is -4.67. The summed E-state index contributed by atoms with van der Waals surface area (Å²) in [4.78, 5) is 13.6. The van der Waals surface area contributed by atoms with Crippen LogP contribution in [0.5, 0.6) is 0 Å². The van der Waals surface area contributed by atoms with Crippen LogP contribution in [0.25, 0.3) is 0 Å². The third kappa shape index (κ3) is 20.1. The van der Waals surface area contributed by atoms with Crippen LogP contribution >= 0.6 is 0 Å². The van der Waals surface area contributed by atoms with E-state index in [9.17, 15) is 50.8 Å². The van der Waals surface area contributed by atoms with Crippen LogP contribution in [0.4, 0.5) is 0 Å². The molecule has 6 aliphatic heterocycles. The molecule has 0 aromatic rings. The van der Waals surface area contributed by atoms with Gasteiger partial charge in [0.15, 0.2) is 30.9 Å². The third-order valence-corrected chi connectivity index (χ3v) is 18.2. The second-order valence-electron chi connectivity index (χ2n) is 25.4. The Kier molecular flexibility index (Phi) is 27.6. The molecule has 83 heavy (non-hydrogen) atoms.